The number of ether oxygens (including phenoxy) is 1. The normalized spacial score (nSPS) is 16.3. The fraction of sp³-hybridized carbons (Fsp3) is 0.611. The molecule has 1 aromatic rings. The molecule has 5 nitrogen and oxygen atoms in total. The highest BCUT2D eigenvalue weighted by molar-refractivity contribution is 5.94. The molecular formula is C18H28N2O3. The predicted octanol–water partition coefficient (Wildman–Crippen LogP) is 1.97. The number of nitrogens with one attached hydrogen (secondary N) is 1. The Morgan fingerprint density at radius 2 is 2.13 bits per heavy atom. The van der Waals surface area contributed by atoms with Crippen molar-refractivity contribution >= 4 is 5.91 Å². The minimum Gasteiger partial charge on any atom is -0.494 e. The molecule has 1 fully saturated rings. The zero-order valence-corrected chi connectivity index (χ0v) is 14.2. The van der Waals surface area contributed by atoms with Crippen LogP contribution in [-0.2, 0) is 0 Å². The zero-order valence-electron chi connectivity index (χ0n) is 14.2. The number of aliphatic hydroxyl groups excluding tert-OH is 1. The van der Waals surface area contributed by atoms with Crippen LogP contribution in [0.1, 0.15) is 42.1 Å². The van der Waals surface area contributed by atoms with Crippen LogP contribution in [0.25, 0.3) is 0 Å². The molecule has 1 saturated heterocycles. The van der Waals surface area contributed by atoms with Crippen molar-refractivity contribution in [3.05, 3.63) is 29.3 Å². The number of aliphatic hydroxyl groups is 1. The van der Waals surface area contributed by atoms with Crippen molar-refractivity contribution in [2.24, 2.45) is 0 Å². The van der Waals surface area contributed by atoms with Crippen LogP contribution in [0.2, 0.25) is 0 Å². The molecule has 1 aliphatic rings. The monoisotopic (exact) mass is 320 g/mol. The number of benzene rings is 1. The van der Waals surface area contributed by atoms with Gasteiger partial charge < -0.3 is 20.1 Å². The highest BCUT2D eigenvalue weighted by Gasteiger charge is 2.16. The van der Waals surface area contributed by atoms with E-state index < -0.39 is 0 Å². The molecule has 1 aliphatic heterocycles. The third-order valence-corrected chi connectivity index (χ3v) is 4.24. The van der Waals surface area contributed by atoms with Gasteiger partial charge in [0.1, 0.15) is 5.75 Å². The van der Waals surface area contributed by atoms with Crippen LogP contribution >= 0.6 is 0 Å². The Bertz CT molecular complexity index is 511. The average Bonchev–Trinajstić information content (AvgIpc) is 2.55. The molecule has 0 atom stereocenters. The summed E-state index contributed by atoms with van der Waals surface area (Å²) in [5.74, 6) is 0.715. The molecule has 0 aliphatic carbocycles. The molecule has 0 radical (unpaired) electrons. The molecule has 1 aromatic carbocycles. The molecule has 23 heavy (non-hydrogen) atoms. The summed E-state index contributed by atoms with van der Waals surface area (Å²) in [5.41, 5.74) is 1.68. The first kappa shape index (κ1) is 17.8. The molecule has 128 valence electrons. The van der Waals surface area contributed by atoms with Crippen LogP contribution in [0.15, 0.2) is 18.2 Å². The molecule has 5 heteroatoms. The number of rotatable bonds is 7. The van der Waals surface area contributed by atoms with Gasteiger partial charge in [-0.2, -0.15) is 0 Å². The van der Waals surface area contributed by atoms with E-state index in [9.17, 15) is 9.90 Å². The van der Waals surface area contributed by atoms with Crippen LogP contribution in [0.4, 0.5) is 0 Å². The number of hydrogen-bond donors (Lipinski definition) is 2. The summed E-state index contributed by atoms with van der Waals surface area (Å²) < 4.78 is 5.53. The van der Waals surface area contributed by atoms with E-state index in [1.807, 2.05) is 26.0 Å². The van der Waals surface area contributed by atoms with E-state index in [-0.39, 0.29) is 12.0 Å². The van der Waals surface area contributed by atoms with Gasteiger partial charge in [0.2, 0.25) is 0 Å². The maximum Gasteiger partial charge on any atom is 0.251 e. The lowest BCUT2D eigenvalue weighted by atomic mass is 10.1. The van der Waals surface area contributed by atoms with Crippen molar-refractivity contribution in [3.8, 4) is 5.75 Å². The minimum absolute atomic E-state index is 0.0555. The highest BCUT2D eigenvalue weighted by Crippen LogP contribution is 2.19. The fourth-order valence-electron chi connectivity index (χ4n) is 2.80. The Kier molecular flexibility index (Phi) is 6.86. The lowest BCUT2D eigenvalue weighted by Crippen LogP contribution is -2.37. The van der Waals surface area contributed by atoms with Gasteiger partial charge in [0.15, 0.2) is 0 Å². The Morgan fingerprint density at radius 1 is 1.39 bits per heavy atom. The molecule has 0 aromatic heterocycles. The third kappa shape index (κ3) is 5.52. The Morgan fingerprint density at radius 3 is 2.83 bits per heavy atom. The fourth-order valence-corrected chi connectivity index (χ4v) is 2.80. The van der Waals surface area contributed by atoms with Gasteiger partial charge >= 0.3 is 0 Å². The number of amides is 1. The number of aryl methyl sites for hydroxylation is 1. The first-order chi connectivity index (χ1) is 11.1. The van der Waals surface area contributed by atoms with Crippen LogP contribution in [0.3, 0.4) is 0 Å². The molecule has 0 saturated carbocycles. The number of carbonyl (C=O) groups excluding carboxylic acids is 1. The smallest absolute Gasteiger partial charge is 0.251 e. The maximum atomic E-state index is 12.2. The summed E-state index contributed by atoms with van der Waals surface area (Å²) in [6.45, 7) is 8.03. The second kappa shape index (κ2) is 8.89. The van der Waals surface area contributed by atoms with Gasteiger partial charge in [-0.15, -0.1) is 0 Å². The first-order valence-corrected chi connectivity index (χ1v) is 8.52. The second-order valence-electron chi connectivity index (χ2n) is 6.10. The Hall–Kier alpha value is -1.59. The molecule has 1 heterocycles. The van der Waals surface area contributed by atoms with Gasteiger partial charge in [-0.05, 0) is 57.4 Å². The lowest BCUT2D eigenvalue weighted by Gasteiger charge is -2.29. The largest absolute Gasteiger partial charge is 0.494 e. The lowest BCUT2D eigenvalue weighted by molar-refractivity contribution is 0.0816. The van der Waals surface area contributed by atoms with Crippen molar-refractivity contribution < 1.29 is 14.6 Å². The summed E-state index contributed by atoms with van der Waals surface area (Å²) in [6.07, 6.45) is 2.50. The summed E-state index contributed by atoms with van der Waals surface area (Å²) in [5, 5.41) is 12.4. The third-order valence-electron chi connectivity index (χ3n) is 4.24. The molecule has 0 unspecified atom stereocenters. The number of carbonyl (C=O) groups is 1. The van der Waals surface area contributed by atoms with Crippen molar-refractivity contribution in [3.63, 3.8) is 0 Å². The molecule has 2 N–H and O–H groups in total. The number of hydrogen-bond acceptors (Lipinski definition) is 4. The Balaban J connectivity index is 1.73. The van der Waals surface area contributed by atoms with Crippen LogP contribution in [0, 0.1) is 6.92 Å². The van der Waals surface area contributed by atoms with Crippen LogP contribution in [-0.4, -0.2) is 54.8 Å². The standard InChI is InChI=1S/C18H28N2O3/c1-3-23-17-13-15(6-5-14(17)2)18(22)19-9-4-10-20-11-7-16(21)8-12-20/h5-6,13,16,21H,3-4,7-12H2,1-2H3,(H,19,22). The molecule has 0 spiro atoms. The quantitative estimate of drug-likeness (QED) is 0.754. The SMILES string of the molecule is CCOc1cc(C(=O)NCCCN2CCC(O)CC2)ccc1C. The summed E-state index contributed by atoms with van der Waals surface area (Å²) in [4.78, 5) is 14.5. The van der Waals surface area contributed by atoms with Crippen molar-refractivity contribution in [1.29, 1.82) is 0 Å². The van der Waals surface area contributed by atoms with E-state index in [1.165, 1.54) is 0 Å². The van der Waals surface area contributed by atoms with Crippen molar-refractivity contribution in [2.45, 2.75) is 39.2 Å². The van der Waals surface area contributed by atoms with Crippen LogP contribution in [0.5, 0.6) is 5.75 Å². The van der Waals surface area contributed by atoms with E-state index in [0.717, 1.165) is 50.2 Å². The molecule has 2 rings (SSSR count). The molecule has 1 amide bonds. The van der Waals surface area contributed by atoms with Gasteiger partial charge in [0.25, 0.3) is 5.91 Å². The number of likely N-dealkylation sites (tertiary alicyclic amines) is 1. The van der Waals surface area contributed by atoms with Crippen molar-refractivity contribution in [2.75, 3.05) is 32.8 Å². The number of nitrogens with zero attached hydrogens (tertiary/aromatic N) is 1. The second-order valence-corrected chi connectivity index (χ2v) is 6.10. The average molecular weight is 320 g/mol. The molecular weight excluding hydrogens is 292 g/mol. The highest BCUT2D eigenvalue weighted by atomic mass is 16.5. The van der Waals surface area contributed by atoms with Gasteiger partial charge in [-0.25, -0.2) is 0 Å². The van der Waals surface area contributed by atoms with E-state index in [1.54, 1.807) is 6.07 Å². The van der Waals surface area contributed by atoms with E-state index in [4.69, 9.17) is 4.74 Å². The first-order valence-electron chi connectivity index (χ1n) is 8.52. The topological polar surface area (TPSA) is 61.8 Å². The van der Waals surface area contributed by atoms with E-state index >= 15 is 0 Å². The van der Waals surface area contributed by atoms with Crippen molar-refractivity contribution in [1.82, 2.24) is 10.2 Å². The number of piperidine rings is 1. The van der Waals surface area contributed by atoms with Gasteiger partial charge in [-0.3, -0.25) is 4.79 Å². The predicted molar refractivity (Wildman–Crippen MR) is 91.0 cm³/mol. The summed E-state index contributed by atoms with van der Waals surface area (Å²) >= 11 is 0. The Labute approximate surface area is 138 Å². The van der Waals surface area contributed by atoms with Gasteiger partial charge in [0.05, 0.1) is 12.7 Å². The van der Waals surface area contributed by atoms with Crippen LogP contribution < -0.4 is 10.1 Å². The van der Waals surface area contributed by atoms with Gasteiger partial charge in [-0.1, -0.05) is 6.07 Å². The maximum absolute atomic E-state index is 12.2. The molecule has 0 bridgehead atoms. The van der Waals surface area contributed by atoms with Gasteiger partial charge in [0, 0.05) is 25.2 Å². The van der Waals surface area contributed by atoms with E-state index in [0.29, 0.717) is 18.7 Å². The summed E-state index contributed by atoms with van der Waals surface area (Å²) in [7, 11) is 0. The van der Waals surface area contributed by atoms with E-state index in [2.05, 4.69) is 10.2 Å². The zero-order chi connectivity index (χ0) is 16.7. The summed E-state index contributed by atoms with van der Waals surface area (Å²) in [6, 6.07) is 5.55. The minimum atomic E-state index is -0.132.